The van der Waals surface area contributed by atoms with Crippen LogP contribution in [0, 0.1) is 11.7 Å². The van der Waals surface area contributed by atoms with Gasteiger partial charge >= 0.3 is 0 Å². The van der Waals surface area contributed by atoms with E-state index in [9.17, 15) is 14.0 Å². The van der Waals surface area contributed by atoms with Gasteiger partial charge in [0.25, 0.3) is 0 Å². The standard InChI is InChI=1S/C17H21FN2O2/c1-11(21)19-12-6-8-20(9-7-12)17(22)15-10-14(15)13-4-2-3-5-16(13)18/h2-5,12,14-15H,6-10H2,1H3,(H,19,21)/t14-,15-/m0/s1. The molecule has 1 heterocycles. The predicted octanol–water partition coefficient (Wildman–Crippen LogP) is 2.06. The van der Waals surface area contributed by atoms with Crippen molar-refractivity contribution in [3.63, 3.8) is 0 Å². The molecular formula is C17H21FN2O2. The van der Waals surface area contributed by atoms with Crippen LogP contribution in [-0.2, 0) is 9.59 Å². The van der Waals surface area contributed by atoms with Gasteiger partial charge in [0, 0.05) is 32.0 Å². The summed E-state index contributed by atoms with van der Waals surface area (Å²) in [7, 11) is 0. The maximum Gasteiger partial charge on any atom is 0.226 e. The van der Waals surface area contributed by atoms with E-state index >= 15 is 0 Å². The van der Waals surface area contributed by atoms with Crippen molar-refractivity contribution in [2.24, 2.45) is 5.92 Å². The van der Waals surface area contributed by atoms with Crippen molar-refractivity contribution < 1.29 is 14.0 Å². The first-order valence-corrected chi connectivity index (χ1v) is 7.86. The lowest BCUT2D eigenvalue weighted by atomic mass is 10.0. The van der Waals surface area contributed by atoms with Crippen LogP contribution in [0.15, 0.2) is 24.3 Å². The van der Waals surface area contributed by atoms with Gasteiger partial charge in [0.05, 0.1) is 0 Å². The van der Waals surface area contributed by atoms with Crippen LogP contribution in [0.5, 0.6) is 0 Å². The van der Waals surface area contributed by atoms with Gasteiger partial charge in [0.15, 0.2) is 0 Å². The number of nitrogens with zero attached hydrogens (tertiary/aromatic N) is 1. The second kappa shape index (κ2) is 6.07. The maximum absolute atomic E-state index is 13.8. The fourth-order valence-electron chi connectivity index (χ4n) is 3.35. The molecule has 22 heavy (non-hydrogen) atoms. The number of hydrogen-bond acceptors (Lipinski definition) is 2. The Kier molecular flexibility index (Phi) is 4.14. The van der Waals surface area contributed by atoms with Crippen LogP contribution in [0.2, 0.25) is 0 Å². The van der Waals surface area contributed by atoms with Gasteiger partial charge in [0.1, 0.15) is 5.82 Å². The average Bonchev–Trinajstić information content (AvgIpc) is 3.27. The summed E-state index contributed by atoms with van der Waals surface area (Å²) in [6.07, 6.45) is 2.33. The van der Waals surface area contributed by atoms with Gasteiger partial charge in [-0.05, 0) is 36.8 Å². The summed E-state index contributed by atoms with van der Waals surface area (Å²) in [6, 6.07) is 6.88. The lowest BCUT2D eigenvalue weighted by Crippen LogP contribution is -2.46. The molecule has 2 amide bonds. The molecule has 1 saturated heterocycles. The quantitative estimate of drug-likeness (QED) is 0.929. The highest BCUT2D eigenvalue weighted by atomic mass is 19.1. The molecule has 1 aliphatic heterocycles. The molecule has 2 atom stereocenters. The molecule has 1 aromatic carbocycles. The normalized spacial score (nSPS) is 24.9. The van der Waals surface area contributed by atoms with Gasteiger partial charge in [-0.1, -0.05) is 18.2 Å². The molecular weight excluding hydrogens is 283 g/mol. The molecule has 0 radical (unpaired) electrons. The summed E-state index contributed by atoms with van der Waals surface area (Å²) in [5.74, 6) is -0.149. The average molecular weight is 304 g/mol. The number of benzene rings is 1. The number of halogens is 1. The summed E-state index contributed by atoms with van der Waals surface area (Å²) in [4.78, 5) is 25.4. The Morgan fingerprint density at radius 2 is 1.91 bits per heavy atom. The molecule has 0 bridgehead atoms. The first kappa shape index (κ1) is 15.0. The number of carbonyl (C=O) groups is 2. The van der Waals surface area contributed by atoms with Gasteiger partial charge in [-0.15, -0.1) is 0 Å². The van der Waals surface area contributed by atoms with E-state index in [1.54, 1.807) is 12.1 Å². The molecule has 2 fully saturated rings. The van der Waals surface area contributed by atoms with Crippen molar-refractivity contribution in [2.75, 3.05) is 13.1 Å². The number of nitrogens with one attached hydrogen (secondary N) is 1. The zero-order chi connectivity index (χ0) is 15.7. The highest BCUT2D eigenvalue weighted by Crippen LogP contribution is 2.49. The van der Waals surface area contributed by atoms with E-state index in [-0.39, 0.29) is 35.5 Å². The summed E-state index contributed by atoms with van der Waals surface area (Å²) in [6.45, 7) is 2.86. The third-order valence-corrected chi connectivity index (χ3v) is 4.63. The zero-order valence-corrected chi connectivity index (χ0v) is 12.7. The van der Waals surface area contributed by atoms with E-state index in [0.717, 1.165) is 19.3 Å². The molecule has 118 valence electrons. The fraction of sp³-hybridized carbons (Fsp3) is 0.529. The van der Waals surface area contributed by atoms with Crippen molar-refractivity contribution >= 4 is 11.8 Å². The molecule has 0 aromatic heterocycles. The summed E-state index contributed by atoms with van der Waals surface area (Å²) < 4.78 is 13.8. The molecule has 0 unspecified atom stereocenters. The molecule has 4 nitrogen and oxygen atoms in total. The van der Waals surface area contributed by atoms with E-state index in [1.165, 1.54) is 13.0 Å². The number of piperidine rings is 1. The zero-order valence-electron chi connectivity index (χ0n) is 12.7. The van der Waals surface area contributed by atoms with E-state index in [4.69, 9.17) is 0 Å². The second-order valence-electron chi connectivity index (χ2n) is 6.27. The van der Waals surface area contributed by atoms with Crippen LogP contribution in [0.1, 0.15) is 37.7 Å². The van der Waals surface area contributed by atoms with Gasteiger partial charge in [-0.2, -0.15) is 0 Å². The van der Waals surface area contributed by atoms with Gasteiger partial charge in [-0.25, -0.2) is 4.39 Å². The molecule has 3 rings (SSSR count). The summed E-state index contributed by atoms with van der Waals surface area (Å²) >= 11 is 0. The molecule has 2 aliphatic rings. The Morgan fingerprint density at radius 3 is 2.55 bits per heavy atom. The van der Waals surface area contributed by atoms with Crippen LogP contribution in [-0.4, -0.2) is 35.8 Å². The Hall–Kier alpha value is -1.91. The topological polar surface area (TPSA) is 49.4 Å². The van der Waals surface area contributed by atoms with Crippen LogP contribution in [0.4, 0.5) is 4.39 Å². The molecule has 1 N–H and O–H groups in total. The SMILES string of the molecule is CC(=O)NC1CCN(C(=O)[C@H]2C[C@H]2c2ccccc2F)CC1. The second-order valence-corrected chi connectivity index (χ2v) is 6.27. The molecule has 1 aromatic rings. The number of amides is 2. The highest BCUT2D eigenvalue weighted by Gasteiger charge is 2.47. The molecule has 5 heteroatoms. The Morgan fingerprint density at radius 1 is 1.23 bits per heavy atom. The maximum atomic E-state index is 13.8. The molecule has 0 spiro atoms. The smallest absolute Gasteiger partial charge is 0.226 e. The van der Waals surface area contributed by atoms with Crippen LogP contribution in [0.3, 0.4) is 0 Å². The van der Waals surface area contributed by atoms with E-state index in [1.807, 2.05) is 11.0 Å². The minimum Gasteiger partial charge on any atom is -0.353 e. The first-order chi connectivity index (χ1) is 10.6. The van der Waals surface area contributed by atoms with Crippen LogP contribution < -0.4 is 5.32 Å². The van der Waals surface area contributed by atoms with Crippen molar-refractivity contribution in [3.05, 3.63) is 35.6 Å². The highest BCUT2D eigenvalue weighted by molar-refractivity contribution is 5.83. The van der Waals surface area contributed by atoms with Gasteiger partial charge in [0.2, 0.25) is 11.8 Å². The van der Waals surface area contributed by atoms with Crippen molar-refractivity contribution in [1.29, 1.82) is 0 Å². The third kappa shape index (κ3) is 3.13. The lowest BCUT2D eigenvalue weighted by molar-refractivity contribution is -0.133. The van der Waals surface area contributed by atoms with Crippen LogP contribution >= 0.6 is 0 Å². The van der Waals surface area contributed by atoms with E-state index in [2.05, 4.69) is 5.32 Å². The van der Waals surface area contributed by atoms with Crippen LogP contribution in [0.25, 0.3) is 0 Å². The monoisotopic (exact) mass is 304 g/mol. The Balaban J connectivity index is 1.54. The number of likely N-dealkylation sites (tertiary alicyclic amines) is 1. The summed E-state index contributed by atoms with van der Waals surface area (Å²) in [5, 5.41) is 2.90. The minimum absolute atomic E-state index is 0.0217. The summed E-state index contributed by atoms with van der Waals surface area (Å²) in [5.41, 5.74) is 0.661. The predicted molar refractivity (Wildman–Crippen MR) is 80.7 cm³/mol. The van der Waals surface area contributed by atoms with Crippen molar-refractivity contribution in [2.45, 2.75) is 38.1 Å². The molecule has 1 saturated carbocycles. The number of carbonyl (C=O) groups excluding carboxylic acids is 2. The fourth-order valence-corrected chi connectivity index (χ4v) is 3.35. The Labute approximate surface area is 129 Å². The third-order valence-electron chi connectivity index (χ3n) is 4.63. The van der Waals surface area contributed by atoms with Crippen molar-refractivity contribution in [3.8, 4) is 0 Å². The Bertz CT molecular complexity index is 582. The van der Waals surface area contributed by atoms with Gasteiger partial charge in [-0.3, -0.25) is 9.59 Å². The van der Waals surface area contributed by atoms with E-state index in [0.29, 0.717) is 18.7 Å². The van der Waals surface area contributed by atoms with E-state index < -0.39 is 0 Å². The van der Waals surface area contributed by atoms with Gasteiger partial charge < -0.3 is 10.2 Å². The first-order valence-electron chi connectivity index (χ1n) is 7.86. The molecule has 1 aliphatic carbocycles. The number of rotatable bonds is 3. The number of hydrogen-bond donors (Lipinski definition) is 1. The minimum atomic E-state index is -0.216. The lowest BCUT2D eigenvalue weighted by Gasteiger charge is -2.32. The van der Waals surface area contributed by atoms with Crippen molar-refractivity contribution in [1.82, 2.24) is 10.2 Å². The largest absolute Gasteiger partial charge is 0.353 e.